The Morgan fingerprint density at radius 1 is 1.24 bits per heavy atom. The van der Waals surface area contributed by atoms with Crippen LogP contribution < -0.4 is 0 Å². The van der Waals surface area contributed by atoms with Crippen molar-refractivity contribution in [2.75, 3.05) is 6.54 Å². The summed E-state index contributed by atoms with van der Waals surface area (Å²) in [5, 5.41) is 11.6. The van der Waals surface area contributed by atoms with Gasteiger partial charge in [0.15, 0.2) is 5.69 Å². The van der Waals surface area contributed by atoms with Gasteiger partial charge in [-0.25, -0.2) is 4.98 Å². The molecule has 1 N–H and O–H groups in total. The van der Waals surface area contributed by atoms with Crippen LogP contribution >= 0.6 is 0 Å². The summed E-state index contributed by atoms with van der Waals surface area (Å²) in [6.45, 7) is 7.15. The molecule has 134 valence electrons. The minimum atomic E-state index is -0.122. The van der Waals surface area contributed by atoms with Gasteiger partial charge in [-0.3, -0.25) is 14.6 Å². The van der Waals surface area contributed by atoms with Gasteiger partial charge in [0, 0.05) is 18.2 Å². The Kier molecular flexibility index (Phi) is 3.89. The van der Waals surface area contributed by atoms with Crippen molar-refractivity contribution < 1.29 is 4.79 Å². The number of aromatic nitrogens is 5. The lowest BCUT2D eigenvalue weighted by molar-refractivity contribution is 0.0592. The number of aromatic amines is 1. The van der Waals surface area contributed by atoms with E-state index in [0.717, 1.165) is 31.6 Å². The largest absolute Gasteiger partial charge is 0.327 e. The molecule has 1 aliphatic carbocycles. The molecule has 7 heteroatoms. The number of carbonyl (C=O) groups is 1. The molecule has 7 nitrogen and oxygen atoms in total. The van der Waals surface area contributed by atoms with Gasteiger partial charge in [-0.15, -0.1) is 0 Å². The van der Waals surface area contributed by atoms with Crippen molar-refractivity contribution in [3.63, 3.8) is 0 Å². The highest BCUT2D eigenvalue weighted by Gasteiger charge is 2.36. The van der Waals surface area contributed by atoms with Crippen molar-refractivity contribution >= 4 is 5.91 Å². The lowest BCUT2D eigenvalue weighted by Crippen LogP contribution is -2.39. The molecular formula is C18H26N6O. The van der Waals surface area contributed by atoms with Gasteiger partial charge >= 0.3 is 0 Å². The second-order valence-electron chi connectivity index (χ2n) is 8.19. The molecule has 1 aliphatic heterocycles. The van der Waals surface area contributed by atoms with Crippen LogP contribution in [0.25, 0.3) is 0 Å². The third-order valence-corrected chi connectivity index (χ3v) is 5.10. The van der Waals surface area contributed by atoms with Crippen LogP contribution in [0.2, 0.25) is 0 Å². The monoisotopic (exact) mass is 342 g/mol. The van der Waals surface area contributed by atoms with Crippen molar-refractivity contribution in [3.8, 4) is 0 Å². The maximum Gasteiger partial charge on any atom is 0.274 e. The summed E-state index contributed by atoms with van der Waals surface area (Å²) in [7, 11) is 0. The molecular weight excluding hydrogens is 316 g/mol. The first-order valence-electron chi connectivity index (χ1n) is 9.22. The molecule has 1 saturated carbocycles. The summed E-state index contributed by atoms with van der Waals surface area (Å²) in [5.74, 6) is 1.33. The molecule has 2 aromatic rings. The number of nitrogens with one attached hydrogen (secondary N) is 1. The lowest BCUT2D eigenvalue weighted by Gasteiger charge is -2.33. The smallest absolute Gasteiger partial charge is 0.274 e. The number of carbonyl (C=O) groups excluding carboxylic acids is 1. The predicted octanol–water partition coefficient (Wildman–Crippen LogP) is 3.00. The van der Waals surface area contributed by atoms with Crippen molar-refractivity contribution in [3.05, 3.63) is 29.6 Å². The molecule has 1 saturated heterocycles. The number of hydrogen-bond acceptors (Lipinski definition) is 4. The minimum absolute atomic E-state index is 0.00556. The normalized spacial score (nSPS) is 21.6. The van der Waals surface area contributed by atoms with E-state index in [2.05, 4.69) is 36.0 Å². The van der Waals surface area contributed by atoms with Crippen molar-refractivity contribution in [2.45, 2.75) is 70.4 Å². The summed E-state index contributed by atoms with van der Waals surface area (Å²) in [4.78, 5) is 19.4. The zero-order valence-corrected chi connectivity index (χ0v) is 15.2. The molecule has 1 amide bonds. The van der Waals surface area contributed by atoms with E-state index in [1.165, 1.54) is 24.9 Å². The van der Waals surface area contributed by atoms with Gasteiger partial charge in [-0.1, -0.05) is 0 Å². The summed E-state index contributed by atoms with van der Waals surface area (Å²) >= 11 is 0. The van der Waals surface area contributed by atoms with Crippen molar-refractivity contribution in [1.82, 2.24) is 29.9 Å². The number of piperidine rings is 1. The van der Waals surface area contributed by atoms with Crippen LogP contribution in [0.3, 0.4) is 0 Å². The van der Waals surface area contributed by atoms with E-state index in [1.807, 2.05) is 15.6 Å². The first-order chi connectivity index (χ1) is 11.9. The van der Waals surface area contributed by atoms with E-state index in [0.29, 0.717) is 11.6 Å². The fourth-order valence-electron chi connectivity index (χ4n) is 3.69. The third kappa shape index (κ3) is 3.07. The van der Waals surface area contributed by atoms with Gasteiger partial charge in [0.1, 0.15) is 12.2 Å². The Morgan fingerprint density at radius 2 is 2.04 bits per heavy atom. The molecule has 1 unspecified atom stereocenters. The van der Waals surface area contributed by atoms with Crippen LogP contribution in [0.1, 0.15) is 86.8 Å². The molecule has 0 bridgehead atoms. The summed E-state index contributed by atoms with van der Waals surface area (Å²) in [6, 6.07) is 1.98. The summed E-state index contributed by atoms with van der Waals surface area (Å²) in [6.07, 6.45) is 6.92. The van der Waals surface area contributed by atoms with E-state index < -0.39 is 0 Å². The molecule has 25 heavy (non-hydrogen) atoms. The topological polar surface area (TPSA) is 79.7 Å². The lowest BCUT2D eigenvalue weighted by atomic mass is 10.0. The molecule has 2 fully saturated rings. The maximum absolute atomic E-state index is 13.2. The molecule has 2 aliphatic rings. The standard InChI is InChI=1S/C18H26N6O/c1-18(2,3)24-15(12-7-8-12)10-13(22-24)17(25)23-9-5-4-6-14(23)16-19-11-20-21-16/h10-12,14H,4-9H2,1-3H3,(H,19,20,21). The fraction of sp³-hybridized carbons (Fsp3) is 0.667. The summed E-state index contributed by atoms with van der Waals surface area (Å²) in [5.41, 5.74) is 1.63. The minimum Gasteiger partial charge on any atom is -0.327 e. The van der Waals surface area contributed by atoms with Crippen molar-refractivity contribution in [1.29, 1.82) is 0 Å². The van der Waals surface area contributed by atoms with Crippen LogP contribution in [-0.2, 0) is 5.54 Å². The summed E-state index contributed by atoms with van der Waals surface area (Å²) < 4.78 is 2.05. The average molecular weight is 342 g/mol. The average Bonchev–Trinajstić information content (AvgIpc) is 3.12. The number of H-pyrrole nitrogens is 1. The Hall–Kier alpha value is -2.18. The number of hydrogen-bond donors (Lipinski definition) is 1. The molecule has 0 spiro atoms. The van der Waals surface area contributed by atoms with Crippen molar-refractivity contribution in [2.24, 2.45) is 0 Å². The van der Waals surface area contributed by atoms with Gasteiger partial charge in [-0.05, 0) is 58.9 Å². The van der Waals surface area contributed by atoms with Crippen LogP contribution in [-0.4, -0.2) is 42.3 Å². The Morgan fingerprint density at radius 3 is 2.68 bits per heavy atom. The second-order valence-corrected chi connectivity index (χ2v) is 8.19. The van der Waals surface area contributed by atoms with E-state index >= 15 is 0 Å². The molecule has 0 aromatic carbocycles. The number of nitrogens with zero attached hydrogens (tertiary/aromatic N) is 5. The molecule has 3 heterocycles. The van der Waals surface area contributed by atoms with Crippen LogP contribution in [0.5, 0.6) is 0 Å². The van der Waals surface area contributed by atoms with Gasteiger partial charge in [0.25, 0.3) is 5.91 Å². The zero-order valence-electron chi connectivity index (χ0n) is 15.2. The maximum atomic E-state index is 13.2. The highest BCUT2D eigenvalue weighted by atomic mass is 16.2. The molecule has 2 aromatic heterocycles. The van der Waals surface area contributed by atoms with Gasteiger partial charge in [-0.2, -0.15) is 10.2 Å². The van der Waals surface area contributed by atoms with Gasteiger partial charge in [0.05, 0.1) is 11.6 Å². The van der Waals surface area contributed by atoms with E-state index in [4.69, 9.17) is 5.10 Å². The van der Waals surface area contributed by atoms with E-state index in [1.54, 1.807) is 0 Å². The van der Waals surface area contributed by atoms with E-state index in [9.17, 15) is 4.79 Å². The zero-order chi connectivity index (χ0) is 17.6. The molecule has 4 rings (SSSR count). The number of likely N-dealkylation sites (tertiary alicyclic amines) is 1. The predicted molar refractivity (Wildman–Crippen MR) is 93.2 cm³/mol. The Labute approximate surface area is 147 Å². The first kappa shape index (κ1) is 16.3. The SMILES string of the molecule is CC(C)(C)n1nc(C(=O)N2CCCCC2c2ncn[nH]2)cc1C1CC1. The van der Waals surface area contributed by atoms with Gasteiger partial charge in [0.2, 0.25) is 0 Å². The first-order valence-corrected chi connectivity index (χ1v) is 9.22. The quantitative estimate of drug-likeness (QED) is 0.930. The van der Waals surface area contributed by atoms with Crippen LogP contribution in [0, 0.1) is 0 Å². The van der Waals surface area contributed by atoms with E-state index in [-0.39, 0.29) is 17.5 Å². The molecule has 1 atom stereocenters. The van der Waals surface area contributed by atoms with Gasteiger partial charge < -0.3 is 4.90 Å². The highest BCUT2D eigenvalue weighted by molar-refractivity contribution is 5.92. The highest BCUT2D eigenvalue weighted by Crippen LogP contribution is 2.42. The Bertz CT molecular complexity index is 753. The van der Waals surface area contributed by atoms with Crippen LogP contribution in [0.4, 0.5) is 0 Å². The molecule has 0 radical (unpaired) electrons. The number of rotatable bonds is 3. The third-order valence-electron chi connectivity index (χ3n) is 5.10. The Balaban J connectivity index is 1.65. The second kappa shape index (κ2) is 5.97. The number of amides is 1. The fourth-order valence-corrected chi connectivity index (χ4v) is 3.69. The van der Waals surface area contributed by atoms with Crippen LogP contribution in [0.15, 0.2) is 12.4 Å².